The van der Waals surface area contributed by atoms with Crippen molar-refractivity contribution in [2.24, 2.45) is 5.92 Å². The average molecular weight is 503 g/mol. The Kier molecular flexibility index (Phi) is 11.5. The number of esters is 1. The van der Waals surface area contributed by atoms with Gasteiger partial charge in [-0.05, 0) is 61.6 Å². The van der Waals surface area contributed by atoms with Crippen molar-refractivity contribution in [1.82, 2.24) is 0 Å². The Balaban J connectivity index is 1.47. The van der Waals surface area contributed by atoms with Crippen LogP contribution in [0.15, 0.2) is 36.4 Å². The largest absolute Gasteiger partial charge is 0.490 e. The molecule has 0 saturated heterocycles. The Morgan fingerprint density at radius 2 is 1.58 bits per heavy atom. The SMILES string of the molecule is CCCCC(CCC)Oc1ccc(OC(=O)c2ccc(OCCCCCCC3CC3)c(F)c2F)cc1. The number of hydrogen-bond acceptors (Lipinski definition) is 4. The van der Waals surface area contributed by atoms with E-state index in [-0.39, 0.29) is 17.6 Å². The zero-order valence-electron chi connectivity index (χ0n) is 21.7. The van der Waals surface area contributed by atoms with E-state index in [9.17, 15) is 13.6 Å². The molecule has 1 aliphatic carbocycles. The Bertz CT molecular complexity index is 941. The van der Waals surface area contributed by atoms with Gasteiger partial charge in [-0.1, -0.05) is 71.6 Å². The molecule has 0 heterocycles. The number of carbonyl (C=O) groups is 1. The van der Waals surface area contributed by atoms with Crippen LogP contribution < -0.4 is 14.2 Å². The Morgan fingerprint density at radius 3 is 2.28 bits per heavy atom. The van der Waals surface area contributed by atoms with E-state index in [1.54, 1.807) is 24.3 Å². The van der Waals surface area contributed by atoms with E-state index in [0.29, 0.717) is 12.4 Å². The van der Waals surface area contributed by atoms with Gasteiger partial charge in [-0.15, -0.1) is 0 Å². The molecule has 6 heteroatoms. The maximum Gasteiger partial charge on any atom is 0.346 e. The number of benzene rings is 2. The van der Waals surface area contributed by atoms with Crippen molar-refractivity contribution in [1.29, 1.82) is 0 Å². The van der Waals surface area contributed by atoms with Crippen molar-refractivity contribution in [3.63, 3.8) is 0 Å². The van der Waals surface area contributed by atoms with Gasteiger partial charge in [0.25, 0.3) is 0 Å². The van der Waals surface area contributed by atoms with Gasteiger partial charge in [0.2, 0.25) is 5.82 Å². The van der Waals surface area contributed by atoms with Gasteiger partial charge in [-0.25, -0.2) is 9.18 Å². The van der Waals surface area contributed by atoms with Gasteiger partial charge < -0.3 is 14.2 Å². The second-order valence-corrected chi connectivity index (χ2v) is 9.77. The van der Waals surface area contributed by atoms with Crippen LogP contribution in [0.3, 0.4) is 0 Å². The molecule has 0 spiro atoms. The van der Waals surface area contributed by atoms with Gasteiger partial charge >= 0.3 is 5.97 Å². The molecule has 1 saturated carbocycles. The minimum Gasteiger partial charge on any atom is -0.490 e. The van der Waals surface area contributed by atoms with Crippen LogP contribution in [0, 0.1) is 17.6 Å². The van der Waals surface area contributed by atoms with Gasteiger partial charge in [0.15, 0.2) is 11.6 Å². The Labute approximate surface area is 214 Å². The van der Waals surface area contributed by atoms with Gasteiger partial charge in [0.1, 0.15) is 11.5 Å². The molecule has 1 aliphatic rings. The highest BCUT2D eigenvalue weighted by atomic mass is 19.2. The third-order valence-corrected chi connectivity index (χ3v) is 6.56. The number of hydrogen-bond donors (Lipinski definition) is 0. The molecule has 3 rings (SSSR count). The fourth-order valence-electron chi connectivity index (χ4n) is 4.23. The number of unbranched alkanes of at least 4 members (excludes halogenated alkanes) is 4. The topological polar surface area (TPSA) is 44.8 Å². The first-order valence-corrected chi connectivity index (χ1v) is 13.6. The van der Waals surface area contributed by atoms with Crippen LogP contribution >= 0.6 is 0 Å². The third kappa shape index (κ3) is 9.11. The van der Waals surface area contributed by atoms with Crippen LogP contribution in [0.1, 0.15) is 101 Å². The van der Waals surface area contributed by atoms with Gasteiger partial charge in [-0.3, -0.25) is 0 Å². The Hall–Kier alpha value is -2.63. The van der Waals surface area contributed by atoms with Crippen molar-refractivity contribution in [2.75, 3.05) is 6.61 Å². The lowest BCUT2D eigenvalue weighted by Crippen LogP contribution is -2.16. The summed E-state index contributed by atoms with van der Waals surface area (Å²) < 4.78 is 45.8. The van der Waals surface area contributed by atoms with E-state index in [0.717, 1.165) is 57.3 Å². The number of rotatable bonds is 17. The fraction of sp³-hybridized carbons (Fsp3) is 0.567. The number of ether oxygens (including phenoxy) is 3. The minimum absolute atomic E-state index is 0.147. The molecular formula is C30H40F2O4. The first-order chi connectivity index (χ1) is 17.5. The maximum absolute atomic E-state index is 14.6. The second kappa shape index (κ2) is 14.8. The second-order valence-electron chi connectivity index (χ2n) is 9.77. The predicted molar refractivity (Wildman–Crippen MR) is 138 cm³/mol. The lowest BCUT2D eigenvalue weighted by molar-refractivity contribution is 0.0728. The summed E-state index contributed by atoms with van der Waals surface area (Å²) in [5.74, 6) is -1.73. The molecule has 0 N–H and O–H groups in total. The quantitative estimate of drug-likeness (QED) is 0.123. The van der Waals surface area contributed by atoms with E-state index in [1.165, 1.54) is 37.8 Å². The molecule has 1 unspecified atom stereocenters. The lowest BCUT2D eigenvalue weighted by atomic mass is 10.1. The highest BCUT2D eigenvalue weighted by molar-refractivity contribution is 5.91. The van der Waals surface area contributed by atoms with E-state index < -0.39 is 23.2 Å². The average Bonchev–Trinajstić information content (AvgIpc) is 3.70. The molecule has 36 heavy (non-hydrogen) atoms. The van der Waals surface area contributed by atoms with E-state index in [1.807, 2.05) is 0 Å². The number of halogens is 2. The van der Waals surface area contributed by atoms with E-state index >= 15 is 0 Å². The summed E-state index contributed by atoms with van der Waals surface area (Å²) in [6, 6.07) is 9.10. The van der Waals surface area contributed by atoms with Crippen molar-refractivity contribution in [2.45, 2.75) is 97.0 Å². The maximum atomic E-state index is 14.6. The summed E-state index contributed by atoms with van der Waals surface area (Å²) in [4.78, 5) is 12.5. The predicted octanol–water partition coefficient (Wildman–Crippen LogP) is 8.66. The third-order valence-electron chi connectivity index (χ3n) is 6.56. The molecule has 1 atom stereocenters. The van der Waals surface area contributed by atoms with E-state index in [2.05, 4.69) is 13.8 Å². The zero-order valence-corrected chi connectivity index (χ0v) is 21.7. The highest BCUT2D eigenvalue weighted by Crippen LogP contribution is 2.34. The van der Waals surface area contributed by atoms with Crippen molar-refractivity contribution < 1.29 is 27.8 Å². The zero-order chi connectivity index (χ0) is 25.8. The minimum atomic E-state index is -1.26. The molecule has 0 bridgehead atoms. The summed E-state index contributed by atoms with van der Waals surface area (Å²) in [5, 5.41) is 0. The molecule has 0 amide bonds. The van der Waals surface area contributed by atoms with Crippen molar-refractivity contribution in [3.05, 3.63) is 53.6 Å². The van der Waals surface area contributed by atoms with Crippen LogP contribution in [0.5, 0.6) is 17.2 Å². The van der Waals surface area contributed by atoms with Crippen LogP contribution in [-0.2, 0) is 0 Å². The first kappa shape index (κ1) is 27.9. The standard InChI is InChI=1S/C30H40F2O4/c1-3-5-12-23(10-4-2)35-24-15-17-25(18-16-24)36-30(33)26-19-20-27(29(32)28(26)31)34-21-9-7-6-8-11-22-13-14-22/h15-20,22-23H,3-14,21H2,1-2H3. The summed E-state index contributed by atoms with van der Waals surface area (Å²) >= 11 is 0. The van der Waals surface area contributed by atoms with Crippen LogP contribution in [0.25, 0.3) is 0 Å². The molecule has 0 aliphatic heterocycles. The molecule has 0 radical (unpaired) electrons. The highest BCUT2D eigenvalue weighted by Gasteiger charge is 2.22. The molecule has 2 aromatic carbocycles. The summed E-state index contributed by atoms with van der Waals surface area (Å²) in [6.45, 7) is 4.60. The fourth-order valence-corrected chi connectivity index (χ4v) is 4.23. The molecule has 1 fully saturated rings. The van der Waals surface area contributed by atoms with Crippen molar-refractivity contribution in [3.8, 4) is 17.2 Å². The molecule has 2 aromatic rings. The molecule has 198 valence electrons. The molecular weight excluding hydrogens is 462 g/mol. The monoisotopic (exact) mass is 502 g/mol. The Morgan fingerprint density at radius 1 is 0.861 bits per heavy atom. The van der Waals surface area contributed by atoms with Gasteiger partial charge in [0.05, 0.1) is 18.3 Å². The van der Waals surface area contributed by atoms with Gasteiger partial charge in [-0.2, -0.15) is 4.39 Å². The first-order valence-electron chi connectivity index (χ1n) is 13.6. The van der Waals surface area contributed by atoms with Crippen LogP contribution in [-0.4, -0.2) is 18.7 Å². The van der Waals surface area contributed by atoms with Gasteiger partial charge in [0, 0.05) is 0 Å². The smallest absolute Gasteiger partial charge is 0.346 e. The van der Waals surface area contributed by atoms with Crippen LogP contribution in [0.4, 0.5) is 8.78 Å². The van der Waals surface area contributed by atoms with Crippen molar-refractivity contribution >= 4 is 5.97 Å². The summed E-state index contributed by atoms with van der Waals surface area (Å²) in [5.41, 5.74) is -0.470. The lowest BCUT2D eigenvalue weighted by Gasteiger charge is -2.18. The summed E-state index contributed by atoms with van der Waals surface area (Å²) in [6.07, 6.45) is 13.6. The number of carbonyl (C=O) groups excluding carboxylic acids is 1. The summed E-state index contributed by atoms with van der Waals surface area (Å²) in [7, 11) is 0. The van der Waals surface area contributed by atoms with Crippen LogP contribution in [0.2, 0.25) is 0 Å². The molecule has 4 nitrogen and oxygen atoms in total. The normalized spacial score (nSPS) is 13.9. The van der Waals surface area contributed by atoms with E-state index in [4.69, 9.17) is 14.2 Å². The molecule has 0 aromatic heterocycles.